The minimum atomic E-state index is -1.49. The third-order valence-corrected chi connectivity index (χ3v) is 6.46. The monoisotopic (exact) mass is 494 g/mol. The number of hydrogen-bond donors (Lipinski definition) is 0. The zero-order valence-electron chi connectivity index (χ0n) is 20.4. The Hall–Kier alpha value is -3.34. The number of halogens is 4. The Morgan fingerprint density at radius 3 is 2.06 bits per heavy atom. The van der Waals surface area contributed by atoms with Gasteiger partial charge in [0.15, 0.2) is 17.5 Å². The average Bonchev–Trinajstić information content (AvgIpc) is 2.89. The predicted molar refractivity (Wildman–Crippen MR) is 137 cm³/mol. The second kappa shape index (κ2) is 12.1. The lowest BCUT2D eigenvalue weighted by atomic mass is 9.97. The van der Waals surface area contributed by atoms with Crippen molar-refractivity contribution in [1.29, 1.82) is 0 Å². The molecule has 0 amide bonds. The molecule has 4 aromatic carbocycles. The molecule has 0 aliphatic rings. The summed E-state index contributed by atoms with van der Waals surface area (Å²) in [5.41, 5.74) is 2.71. The van der Waals surface area contributed by atoms with E-state index in [0.29, 0.717) is 17.6 Å². The molecule has 0 bridgehead atoms. The van der Waals surface area contributed by atoms with Crippen LogP contribution in [0.2, 0.25) is 0 Å². The van der Waals surface area contributed by atoms with Crippen molar-refractivity contribution < 1.29 is 22.3 Å². The molecule has 0 radical (unpaired) electrons. The minimum absolute atomic E-state index is 0.196. The van der Waals surface area contributed by atoms with Gasteiger partial charge in [-0.25, -0.2) is 17.6 Å². The van der Waals surface area contributed by atoms with Gasteiger partial charge in [0.25, 0.3) is 0 Å². The van der Waals surface area contributed by atoms with Gasteiger partial charge in [0.2, 0.25) is 0 Å². The molecular formula is C31H30F4O. The van der Waals surface area contributed by atoms with Gasteiger partial charge in [0.1, 0.15) is 11.6 Å². The molecule has 0 N–H and O–H groups in total. The van der Waals surface area contributed by atoms with Crippen LogP contribution in [0.4, 0.5) is 17.6 Å². The number of fused-ring (bicyclic) bond motifs is 1. The van der Waals surface area contributed by atoms with Crippen molar-refractivity contribution in [1.82, 2.24) is 0 Å². The number of unbranched alkanes of at least 4 members (excludes halogenated alkanes) is 4. The van der Waals surface area contributed by atoms with Crippen LogP contribution in [0.15, 0.2) is 66.7 Å². The summed E-state index contributed by atoms with van der Waals surface area (Å²) >= 11 is 0. The van der Waals surface area contributed by atoms with Crippen LogP contribution in [-0.4, -0.2) is 6.61 Å². The van der Waals surface area contributed by atoms with Crippen LogP contribution < -0.4 is 4.74 Å². The van der Waals surface area contributed by atoms with Crippen LogP contribution >= 0.6 is 0 Å². The Labute approximate surface area is 209 Å². The summed E-state index contributed by atoms with van der Waals surface area (Å²) in [4.78, 5) is 0. The van der Waals surface area contributed by atoms with Crippen LogP contribution in [0.3, 0.4) is 0 Å². The molecule has 0 aromatic heterocycles. The molecule has 1 nitrogen and oxygen atoms in total. The molecule has 0 unspecified atom stereocenters. The van der Waals surface area contributed by atoms with Crippen molar-refractivity contribution >= 4 is 10.8 Å². The van der Waals surface area contributed by atoms with E-state index in [0.717, 1.165) is 40.8 Å². The first-order valence-electron chi connectivity index (χ1n) is 12.5. The fourth-order valence-electron chi connectivity index (χ4n) is 4.38. The summed E-state index contributed by atoms with van der Waals surface area (Å²) in [6.07, 6.45) is 6.42. The highest BCUT2D eigenvalue weighted by Crippen LogP contribution is 2.29. The molecule has 0 heterocycles. The van der Waals surface area contributed by atoms with Crippen LogP contribution in [0.25, 0.3) is 21.9 Å². The van der Waals surface area contributed by atoms with E-state index in [-0.39, 0.29) is 24.2 Å². The molecule has 0 saturated heterocycles. The highest BCUT2D eigenvalue weighted by atomic mass is 19.2. The largest absolute Gasteiger partial charge is 0.494 e. The second-order valence-corrected chi connectivity index (χ2v) is 9.14. The second-order valence-electron chi connectivity index (χ2n) is 9.14. The molecule has 4 aromatic rings. The number of aryl methyl sites for hydroxylation is 2. The molecule has 0 atom stereocenters. The quantitative estimate of drug-likeness (QED) is 0.115. The van der Waals surface area contributed by atoms with Gasteiger partial charge in [0, 0.05) is 5.39 Å². The third kappa shape index (κ3) is 6.26. The molecule has 188 valence electrons. The average molecular weight is 495 g/mol. The van der Waals surface area contributed by atoms with Crippen molar-refractivity contribution in [2.24, 2.45) is 0 Å². The minimum Gasteiger partial charge on any atom is -0.494 e. The summed E-state index contributed by atoms with van der Waals surface area (Å²) in [6, 6.07) is 18.9. The van der Waals surface area contributed by atoms with Crippen LogP contribution in [-0.2, 0) is 12.8 Å². The zero-order valence-corrected chi connectivity index (χ0v) is 20.4. The standard InChI is InChI=1S/C31H30F4O/c1-2-3-4-5-6-17-36-26-14-11-22(12-15-26)24-13-16-27-25(20-24)10-9-23(30(27)34)8-7-21-18-28(32)31(35)29(33)19-21/h9-16,18-20H,2-8,17H2,1H3. The van der Waals surface area contributed by atoms with E-state index in [1.54, 1.807) is 12.1 Å². The molecule has 0 aliphatic heterocycles. The maximum Gasteiger partial charge on any atom is 0.194 e. The molecule has 0 aliphatic carbocycles. The molecule has 36 heavy (non-hydrogen) atoms. The lowest BCUT2D eigenvalue weighted by molar-refractivity contribution is 0.304. The van der Waals surface area contributed by atoms with Crippen molar-refractivity contribution in [3.05, 3.63) is 101 Å². The molecule has 5 heteroatoms. The van der Waals surface area contributed by atoms with Crippen LogP contribution in [0.1, 0.15) is 50.2 Å². The van der Waals surface area contributed by atoms with E-state index >= 15 is 4.39 Å². The first-order valence-corrected chi connectivity index (χ1v) is 12.5. The Balaban J connectivity index is 1.41. The topological polar surface area (TPSA) is 9.23 Å². The molecule has 0 fully saturated rings. The lowest BCUT2D eigenvalue weighted by Gasteiger charge is -2.10. The summed E-state index contributed by atoms with van der Waals surface area (Å²) < 4.78 is 61.1. The van der Waals surface area contributed by atoms with E-state index in [9.17, 15) is 13.2 Å². The van der Waals surface area contributed by atoms with E-state index in [2.05, 4.69) is 6.92 Å². The lowest BCUT2D eigenvalue weighted by Crippen LogP contribution is -1.99. The van der Waals surface area contributed by atoms with Gasteiger partial charge in [-0.3, -0.25) is 0 Å². The maximum absolute atomic E-state index is 15.2. The number of hydrogen-bond acceptors (Lipinski definition) is 1. The van der Waals surface area contributed by atoms with Crippen molar-refractivity contribution in [3.63, 3.8) is 0 Å². The van der Waals surface area contributed by atoms with Gasteiger partial charge in [-0.05, 0) is 77.2 Å². The van der Waals surface area contributed by atoms with Crippen LogP contribution in [0.5, 0.6) is 5.75 Å². The van der Waals surface area contributed by atoms with Crippen LogP contribution in [0, 0.1) is 23.3 Å². The highest BCUT2D eigenvalue weighted by molar-refractivity contribution is 5.88. The Morgan fingerprint density at radius 1 is 0.639 bits per heavy atom. The summed E-state index contributed by atoms with van der Waals surface area (Å²) in [5, 5.41) is 1.25. The van der Waals surface area contributed by atoms with E-state index in [1.807, 2.05) is 42.5 Å². The van der Waals surface area contributed by atoms with Gasteiger partial charge < -0.3 is 4.74 Å². The summed E-state index contributed by atoms with van der Waals surface area (Å²) in [6.45, 7) is 2.92. The van der Waals surface area contributed by atoms with Gasteiger partial charge in [-0.2, -0.15) is 0 Å². The third-order valence-electron chi connectivity index (χ3n) is 6.46. The Bertz CT molecular complexity index is 1290. The molecule has 0 spiro atoms. The smallest absolute Gasteiger partial charge is 0.194 e. The Kier molecular flexibility index (Phi) is 8.63. The van der Waals surface area contributed by atoms with Gasteiger partial charge in [-0.1, -0.05) is 69.0 Å². The first kappa shape index (κ1) is 25.7. The predicted octanol–water partition coefficient (Wildman–Crippen LogP) is 9.20. The first-order chi connectivity index (χ1) is 17.5. The normalized spacial score (nSPS) is 11.2. The van der Waals surface area contributed by atoms with Gasteiger partial charge in [-0.15, -0.1) is 0 Å². The van der Waals surface area contributed by atoms with Crippen molar-refractivity contribution in [3.8, 4) is 16.9 Å². The van der Waals surface area contributed by atoms with Gasteiger partial charge in [0.05, 0.1) is 6.61 Å². The number of benzene rings is 4. The number of ether oxygens (including phenoxy) is 1. The fourth-order valence-corrected chi connectivity index (χ4v) is 4.38. The van der Waals surface area contributed by atoms with E-state index in [4.69, 9.17) is 4.74 Å². The zero-order chi connectivity index (χ0) is 25.5. The fraction of sp³-hybridized carbons (Fsp3) is 0.290. The molecular weight excluding hydrogens is 464 g/mol. The Morgan fingerprint density at radius 2 is 1.33 bits per heavy atom. The SMILES string of the molecule is CCCCCCCOc1ccc(-c2ccc3c(F)c(CCc4cc(F)c(F)c(F)c4)ccc3c2)cc1. The highest BCUT2D eigenvalue weighted by Gasteiger charge is 2.13. The van der Waals surface area contributed by atoms with E-state index < -0.39 is 17.5 Å². The van der Waals surface area contributed by atoms with Gasteiger partial charge >= 0.3 is 0 Å². The molecule has 4 rings (SSSR count). The summed E-state index contributed by atoms with van der Waals surface area (Å²) in [7, 11) is 0. The van der Waals surface area contributed by atoms with E-state index in [1.165, 1.54) is 25.7 Å². The summed E-state index contributed by atoms with van der Waals surface area (Å²) in [5.74, 6) is -3.49. The maximum atomic E-state index is 15.2. The molecule has 0 saturated carbocycles. The van der Waals surface area contributed by atoms with Crippen molar-refractivity contribution in [2.75, 3.05) is 6.61 Å². The number of rotatable bonds is 11. The van der Waals surface area contributed by atoms with Crippen molar-refractivity contribution in [2.45, 2.75) is 51.9 Å².